The lowest BCUT2D eigenvalue weighted by molar-refractivity contribution is -0.279. The van der Waals surface area contributed by atoms with E-state index < -0.39 is 11.3 Å². The van der Waals surface area contributed by atoms with Gasteiger partial charge >= 0.3 is 0 Å². The summed E-state index contributed by atoms with van der Waals surface area (Å²) in [5, 5.41) is 4.11. The highest BCUT2D eigenvalue weighted by molar-refractivity contribution is 6.01. The van der Waals surface area contributed by atoms with Crippen molar-refractivity contribution >= 4 is 11.6 Å². The lowest BCUT2D eigenvalue weighted by Crippen LogP contribution is -2.59. The molecule has 0 aromatic heterocycles. The number of hydrogen-bond acceptors (Lipinski definition) is 5. The molecule has 0 bridgehead atoms. The van der Waals surface area contributed by atoms with Gasteiger partial charge in [0.05, 0.1) is 31.0 Å². The molecule has 158 valence electrons. The summed E-state index contributed by atoms with van der Waals surface area (Å²) in [6.07, 6.45) is 0.573. The Morgan fingerprint density at radius 3 is 2.37 bits per heavy atom. The van der Waals surface area contributed by atoms with E-state index in [9.17, 15) is 4.79 Å². The third kappa shape index (κ3) is 3.85. The number of benzene rings is 2. The zero-order valence-electron chi connectivity index (χ0n) is 18.0. The number of nitrogens with zero attached hydrogens (tertiary/aromatic N) is 2. The molecule has 2 heterocycles. The number of aryl methyl sites for hydroxylation is 1. The highest BCUT2D eigenvalue weighted by Crippen LogP contribution is 2.36. The van der Waals surface area contributed by atoms with E-state index in [1.54, 1.807) is 0 Å². The van der Waals surface area contributed by atoms with Crippen LogP contribution in [0.5, 0.6) is 0 Å². The molecule has 6 heteroatoms. The summed E-state index contributed by atoms with van der Waals surface area (Å²) in [5.74, 6) is -0.712. The quantitative estimate of drug-likeness (QED) is 0.720. The van der Waals surface area contributed by atoms with Crippen LogP contribution >= 0.6 is 0 Å². The SMILES string of the molecule is CO/N=C1\CN(C(=O)c2ccc(-c3ccccc3C)cc2)C2(COC(C)(C)OC2)C1. The van der Waals surface area contributed by atoms with Crippen LogP contribution in [0.25, 0.3) is 11.1 Å². The van der Waals surface area contributed by atoms with Gasteiger partial charge < -0.3 is 19.2 Å². The minimum Gasteiger partial charge on any atom is -0.399 e. The van der Waals surface area contributed by atoms with Crippen molar-refractivity contribution < 1.29 is 19.1 Å². The lowest BCUT2D eigenvalue weighted by Gasteiger charge is -2.45. The van der Waals surface area contributed by atoms with E-state index in [1.807, 2.05) is 55.1 Å². The molecule has 2 aliphatic rings. The van der Waals surface area contributed by atoms with Gasteiger partial charge in [-0.15, -0.1) is 0 Å². The van der Waals surface area contributed by atoms with Gasteiger partial charge in [0.1, 0.15) is 7.11 Å². The van der Waals surface area contributed by atoms with E-state index in [0.29, 0.717) is 31.7 Å². The van der Waals surface area contributed by atoms with E-state index in [-0.39, 0.29) is 5.91 Å². The van der Waals surface area contributed by atoms with Gasteiger partial charge in [-0.3, -0.25) is 4.79 Å². The van der Waals surface area contributed by atoms with Crippen LogP contribution in [0, 0.1) is 6.92 Å². The molecule has 0 atom stereocenters. The van der Waals surface area contributed by atoms with Crippen LogP contribution in [0.4, 0.5) is 0 Å². The Hall–Kier alpha value is -2.70. The number of hydrogen-bond donors (Lipinski definition) is 0. The number of oxime groups is 1. The summed E-state index contributed by atoms with van der Waals surface area (Å²) >= 11 is 0. The highest BCUT2D eigenvalue weighted by Gasteiger charge is 2.51. The lowest BCUT2D eigenvalue weighted by atomic mass is 9.95. The molecule has 2 aromatic carbocycles. The number of likely N-dealkylation sites (tertiary alicyclic amines) is 1. The maximum absolute atomic E-state index is 13.5. The molecule has 2 aliphatic heterocycles. The van der Waals surface area contributed by atoms with E-state index in [1.165, 1.54) is 18.2 Å². The first-order valence-corrected chi connectivity index (χ1v) is 10.2. The van der Waals surface area contributed by atoms with E-state index in [2.05, 4.69) is 24.2 Å². The van der Waals surface area contributed by atoms with E-state index in [4.69, 9.17) is 14.3 Å². The van der Waals surface area contributed by atoms with Crippen LogP contribution in [0.2, 0.25) is 0 Å². The maximum atomic E-state index is 13.5. The molecule has 4 rings (SSSR count). The summed E-state index contributed by atoms with van der Waals surface area (Å²) in [4.78, 5) is 20.3. The fourth-order valence-corrected chi connectivity index (χ4v) is 4.16. The summed E-state index contributed by atoms with van der Waals surface area (Å²) < 4.78 is 11.8. The number of carbonyl (C=O) groups excluding carboxylic acids is 1. The molecule has 0 aliphatic carbocycles. The Kier molecular flexibility index (Phi) is 5.38. The first-order chi connectivity index (χ1) is 14.3. The van der Waals surface area contributed by atoms with Crippen molar-refractivity contribution in [3.63, 3.8) is 0 Å². The monoisotopic (exact) mass is 408 g/mol. The van der Waals surface area contributed by atoms with Crippen LogP contribution in [-0.4, -0.2) is 54.7 Å². The Morgan fingerprint density at radius 1 is 1.07 bits per heavy atom. The third-order valence-corrected chi connectivity index (χ3v) is 5.88. The zero-order valence-corrected chi connectivity index (χ0v) is 18.0. The second-order valence-corrected chi connectivity index (χ2v) is 8.50. The Labute approximate surface area is 177 Å². The minimum absolute atomic E-state index is 0.0560. The summed E-state index contributed by atoms with van der Waals surface area (Å²) in [6.45, 7) is 7.05. The van der Waals surface area contributed by atoms with Gasteiger partial charge in [0.25, 0.3) is 5.91 Å². The molecule has 1 amide bonds. The van der Waals surface area contributed by atoms with Gasteiger partial charge in [-0.05, 0) is 49.6 Å². The number of ether oxygens (including phenoxy) is 2. The first-order valence-electron chi connectivity index (χ1n) is 10.2. The molecule has 6 nitrogen and oxygen atoms in total. The van der Waals surface area contributed by atoms with Crippen molar-refractivity contribution in [1.82, 2.24) is 4.90 Å². The van der Waals surface area contributed by atoms with Gasteiger partial charge in [0.15, 0.2) is 5.79 Å². The van der Waals surface area contributed by atoms with Crippen molar-refractivity contribution in [2.45, 2.75) is 38.5 Å². The van der Waals surface area contributed by atoms with Gasteiger partial charge in [-0.1, -0.05) is 41.6 Å². The minimum atomic E-state index is -0.656. The first kappa shape index (κ1) is 20.6. The summed E-state index contributed by atoms with van der Waals surface area (Å²) in [7, 11) is 1.52. The van der Waals surface area contributed by atoms with Gasteiger partial charge in [-0.2, -0.15) is 0 Å². The third-order valence-electron chi connectivity index (χ3n) is 5.88. The number of amides is 1. The molecule has 2 fully saturated rings. The number of rotatable bonds is 3. The predicted molar refractivity (Wildman–Crippen MR) is 115 cm³/mol. The second-order valence-electron chi connectivity index (χ2n) is 8.50. The second kappa shape index (κ2) is 7.85. The maximum Gasteiger partial charge on any atom is 0.254 e. The molecular weight excluding hydrogens is 380 g/mol. The van der Waals surface area contributed by atoms with Crippen LogP contribution < -0.4 is 0 Å². The molecule has 2 aromatic rings. The van der Waals surface area contributed by atoms with Crippen LogP contribution in [0.15, 0.2) is 53.7 Å². The van der Waals surface area contributed by atoms with Crippen molar-refractivity contribution in [2.24, 2.45) is 5.16 Å². The zero-order chi connectivity index (χ0) is 21.4. The molecular formula is C24H28N2O4. The molecule has 2 saturated heterocycles. The largest absolute Gasteiger partial charge is 0.399 e. The molecule has 1 spiro atoms. The van der Waals surface area contributed by atoms with Crippen LogP contribution in [-0.2, 0) is 14.3 Å². The standard InChI is InChI=1S/C24H28N2O4/c1-17-7-5-6-8-21(17)18-9-11-19(12-10-18)22(27)26-14-20(25-28-4)13-24(26)15-29-23(2,3)30-16-24/h5-12H,13-16H2,1-4H3/b25-20-. The van der Waals surface area contributed by atoms with Crippen LogP contribution in [0.3, 0.4) is 0 Å². The molecule has 0 unspecified atom stereocenters. The summed E-state index contributed by atoms with van der Waals surface area (Å²) in [6, 6.07) is 16.0. The number of carbonyl (C=O) groups is 1. The van der Waals surface area contributed by atoms with Gasteiger partial charge in [0, 0.05) is 12.0 Å². The van der Waals surface area contributed by atoms with Crippen molar-refractivity contribution in [3.05, 3.63) is 59.7 Å². The molecule has 0 N–H and O–H groups in total. The Balaban J connectivity index is 1.60. The molecule has 0 saturated carbocycles. The normalized spacial score (nSPS) is 21.2. The van der Waals surface area contributed by atoms with Crippen molar-refractivity contribution in [1.29, 1.82) is 0 Å². The Morgan fingerprint density at radius 2 is 1.73 bits per heavy atom. The van der Waals surface area contributed by atoms with Gasteiger partial charge in [-0.25, -0.2) is 0 Å². The molecule has 30 heavy (non-hydrogen) atoms. The highest BCUT2D eigenvalue weighted by atomic mass is 16.7. The smallest absolute Gasteiger partial charge is 0.254 e. The fourth-order valence-electron chi connectivity index (χ4n) is 4.16. The fraction of sp³-hybridized carbons (Fsp3) is 0.417. The average molecular weight is 408 g/mol. The van der Waals surface area contributed by atoms with E-state index in [0.717, 1.165) is 11.3 Å². The topological polar surface area (TPSA) is 60.4 Å². The summed E-state index contributed by atoms with van der Waals surface area (Å²) in [5.41, 5.74) is 4.34. The van der Waals surface area contributed by atoms with Gasteiger partial charge in [0.2, 0.25) is 0 Å². The van der Waals surface area contributed by atoms with Crippen molar-refractivity contribution in [2.75, 3.05) is 26.9 Å². The van der Waals surface area contributed by atoms with E-state index >= 15 is 0 Å². The van der Waals surface area contributed by atoms with Crippen molar-refractivity contribution in [3.8, 4) is 11.1 Å². The Bertz CT molecular complexity index is 955. The van der Waals surface area contributed by atoms with Crippen LogP contribution in [0.1, 0.15) is 36.2 Å². The average Bonchev–Trinajstić information content (AvgIpc) is 3.09. The molecule has 0 radical (unpaired) electrons. The predicted octanol–water partition coefficient (Wildman–Crippen LogP) is 4.03.